The van der Waals surface area contributed by atoms with Gasteiger partial charge in [0, 0.05) is 30.5 Å². The lowest BCUT2D eigenvalue weighted by Crippen LogP contribution is -2.28. The Bertz CT molecular complexity index is 655. The van der Waals surface area contributed by atoms with Crippen LogP contribution in [0.3, 0.4) is 0 Å². The summed E-state index contributed by atoms with van der Waals surface area (Å²) in [6.45, 7) is 0.457. The van der Waals surface area contributed by atoms with Crippen LogP contribution in [-0.4, -0.2) is 16.2 Å². The molecule has 1 aliphatic rings. The van der Waals surface area contributed by atoms with Crippen LogP contribution in [0, 0.1) is 0 Å². The zero-order valence-corrected chi connectivity index (χ0v) is 11.5. The highest BCUT2D eigenvalue weighted by Crippen LogP contribution is 2.33. The second kappa shape index (κ2) is 5.17. The van der Waals surface area contributed by atoms with E-state index in [1.807, 2.05) is 36.7 Å². The molecule has 5 nitrogen and oxygen atoms in total. The summed E-state index contributed by atoms with van der Waals surface area (Å²) < 4.78 is 8.79. The number of benzene rings is 1. The monoisotopic (exact) mass is 273 g/mol. The van der Waals surface area contributed by atoms with Crippen LogP contribution in [0.2, 0.25) is 0 Å². The lowest BCUT2D eigenvalue weighted by molar-refractivity contribution is 0.401. The van der Waals surface area contributed by atoms with E-state index in [1.165, 1.54) is 0 Å². The highest BCUT2D eigenvalue weighted by atomic mass is 16.5. The molecule has 5 heteroatoms. The number of ether oxygens (including phenoxy) is 1. The summed E-state index contributed by atoms with van der Waals surface area (Å²) in [6, 6.07) is 7.78. The van der Waals surface area contributed by atoms with Crippen molar-refractivity contribution in [3.8, 4) is 5.75 Å². The van der Waals surface area contributed by atoms with Crippen molar-refractivity contribution in [3.63, 3.8) is 0 Å². The summed E-state index contributed by atoms with van der Waals surface area (Å²) in [5, 5.41) is 0. The van der Waals surface area contributed by atoms with E-state index < -0.39 is 0 Å². The van der Waals surface area contributed by atoms with E-state index in [1.54, 1.807) is 16.2 Å². The number of imidazole rings is 1. The second-order valence-electron chi connectivity index (χ2n) is 5.22. The van der Waals surface area contributed by atoms with Gasteiger partial charge in [0.2, 0.25) is 0 Å². The van der Waals surface area contributed by atoms with E-state index in [0.717, 1.165) is 24.2 Å². The predicted octanol–water partition coefficient (Wildman–Crippen LogP) is 1.69. The third-order valence-corrected chi connectivity index (χ3v) is 3.75. The first-order valence-corrected chi connectivity index (χ1v) is 6.86. The number of nitrogens with two attached hydrogens (primary N) is 1. The van der Waals surface area contributed by atoms with Crippen LogP contribution >= 0.6 is 0 Å². The fourth-order valence-electron chi connectivity index (χ4n) is 2.48. The molecule has 0 radical (unpaired) electrons. The van der Waals surface area contributed by atoms with Crippen molar-refractivity contribution >= 4 is 0 Å². The van der Waals surface area contributed by atoms with Crippen LogP contribution in [0.4, 0.5) is 0 Å². The third-order valence-electron chi connectivity index (χ3n) is 3.75. The Morgan fingerprint density at radius 2 is 2.10 bits per heavy atom. The molecule has 2 aromatic rings. The van der Waals surface area contributed by atoms with Crippen LogP contribution in [0.1, 0.15) is 30.5 Å². The van der Waals surface area contributed by atoms with E-state index in [9.17, 15) is 4.79 Å². The van der Waals surface area contributed by atoms with Gasteiger partial charge in [0.25, 0.3) is 0 Å². The Balaban J connectivity index is 1.82. The van der Waals surface area contributed by atoms with Gasteiger partial charge in [0.1, 0.15) is 5.75 Å². The Morgan fingerprint density at radius 1 is 1.35 bits per heavy atom. The van der Waals surface area contributed by atoms with Crippen molar-refractivity contribution in [1.29, 1.82) is 0 Å². The van der Waals surface area contributed by atoms with Gasteiger partial charge in [-0.15, -0.1) is 0 Å². The van der Waals surface area contributed by atoms with Gasteiger partial charge in [-0.2, -0.15) is 0 Å². The number of nitrogens with zero attached hydrogens (tertiary/aromatic N) is 2. The summed E-state index contributed by atoms with van der Waals surface area (Å²) in [4.78, 5) is 12.2. The van der Waals surface area contributed by atoms with E-state index in [4.69, 9.17) is 10.5 Å². The topological polar surface area (TPSA) is 62.2 Å². The van der Waals surface area contributed by atoms with Crippen molar-refractivity contribution < 1.29 is 4.74 Å². The molecule has 0 bridgehead atoms. The van der Waals surface area contributed by atoms with Gasteiger partial charge in [-0.05, 0) is 18.9 Å². The Labute approximate surface area is 117 Å². The number of hydrogen-bond donors (Lipinski definition) is 1. The summed E-state index contributed by atoms with van der Waals surface area (Å²) in [5.74, 6) is 0.759. The second-order valence-corrected chi connectivity index (χ2v) is 5.22. The molecule has 20 heavy (non-hydrogen) atoms. The van der Waals surface area contributed by atoms with Gasteiger partial charge >= 0.3 is 5.69 Å². The number of para-hydroxylation sites is 1. The highest BCUT2D eigenvalue weighted by Gasteiger charge is 2.26. The van der Waals surface area contributed by atoms with E-state index in [2.05, 4.69) is 0 Å². The lowest BCUT2D eigenvalue weighted by atomic mass is 10.1. The summed E-state index contributed by atoms with van der Waals surface area (Å²) in [6.07, 6.45) is 5.87. The lowest BCUT2D eigenvalue weighted by Gasteiger charge is -2.15. The minimum atomic E-state index is -0.265. The minimum Gasteiger partial charge on any atom is -0.496 e. The Morgan fingerprint density at radius 3 is 2.80 bits per heavy atom. The summed E-state index contributed by atoms with van der Waals surface area (Å²) in [5.41, 5.74) is 7.17. The molecule has 1 saturated carbocycles. The fraction of sp³-hybridized carbons (Fsp3) is 0.400. The normalized spacial score (nSPS) is 16.1. The molecule has 1 aliphatic carbocycles. The molecule has 1 unspecified atom stereocenters. The highest BCUT2D eigenvalue weighted by molar-refractivity contribution is 5.35. The number of rotatable bonds is 5. The first kappa shape index (κ1) is 13.0. The van der Waals surface area contributed by atoms with Gasteiger partial charge < -0.3 is 10.5 Å². The van der Waals surface area contributed by atoms with Crippen LogP contribution in [-0.2, 0) is 6.54 Å². The number of hydrogen-bond acceptors (Lipinski definition) is 3. The molecule has 106 valence electrons. The SMILES string of the molecule is COc1ccccc1C(N)Cn1ccn(C2CC2)c1=O. The standard InChI is InChI=1S/C15H19N3O2/c1-20-14-5-3-2-4-12(14)13(16)10-17-8-9-18(15(17)19)11-6-7-11/h2-5,8-9,11,13H,6-7,10,16H2,1H3. The Hall–Kier alpha value is -2.01. The molecular formula is C15H19N3O2. The largest absolute Gasteiger partial charge is 0.496 e. The summed E-state index contributed by atoms with van der Waals surface area (Å²) >= 11 is 0. The van der Waals surface area contributed by atoms with Gasteiger partial charge in [-0.3, -0.25) is 9.13 Å². The van der Waals surface area contributed by atoms with Crippen LogP contribution < -0.4 is 16.2 Å². The smallest absolute Gasteiger partial charge is 0.328 e. The third kappa shape index (κ3) is 2.36. The van der Waals surface area contributed by atoms with Crippen molar-refractivity contribution in [2.24, 2.45) is 5.73 Å². The Kier molecular flexibility index (Phi) is 3.36. The van der Waals surface area contributed by atoms with Crippen LogP contribution in [0.5, 0.6) is 5.75 Å². The van der Waals surface area contributed by atoms with Gasteiger partial charge in [0.05, 0.1) is 13.2 Å². The number of aromatic nitrogens is 2. The van der Waals surface area contributed by atoms with Crippen LogP contribution in [0.25, 0.3) is 0 Å². The molecule has 0 amide bonds. The molecule has 1 aromatic heterocycles. The molecule has 1 fully saturated rings. The maximum atomic E-state index is 12.2. The first-order chi connectivity index (χ1) is 9.70. The van der Waals surface area contributed by atoms with Gasteiger partial charge in [0.15, 0.2) is 0 Å². The molecule has 0 aliphatic heterocycles. The van der Waals surface area contributed by atoms with E-state index in [-0.39, 0.29) is 11.7 Å². The fourth-order valence-corrected chi connectivity index (χ4v) is 2.48. The zero-order chi connectivity index (χ0) is 14.1. The van der Waals surface area contributed by atoms with E-state index >= 15 is 0 Å². The predicted molar refractivity (Wildman–Crippen MR) is 76.9 cm³/mol. The summed E-state index contributed by atoms with van der Waals surface area (Å²) in [7, 11) is 1.63. The molecule has 1 aromatic carbocycles. The van der Waals surface area contributed by atoms with E-state index in [0.29, 0.717) is 12.6 Å². The molecule has 2 N–H and O–H groups in total. The zero-order valence-electron chi connectivity index (χ0n) is 11.5. The molecule has 1 heterocycles. The maximum Gasteiger partial charge on any atom is 0.328 e. The molecular weight excluding hydrogens is 254 g/mol. The van der Waals surface area contributed by atoms with Crippen molar-refractivity contribution in [1.82, 2.24) is 9.13 Å². The van der Waals surface area contributed by atoms with Crippen molar-refractivity contribution in [2.75, 3.05) is 7.11 Å². The van der Waals surface area contributed by atoms with Crippen molar-refractivity contribution in [3.05, 3.63) is 52.7 Å². The molecule has 1 atom stereocenters. The number of methoxy groups -OCH3 is 1. The minimum absolute atomic E-state index is 0.0258. The average molecular weight is 273 g/mol. The van der Waals surface area contributed by atoms with Crippen LogP contribution in [0.15, 0.2) is 41.5 Å². The van der Waals surface area contributed by atoms with Crippen molar-refractivity contribution in [2.45, 2.75) is 31.5 Å². The van der Waals surface area contributed by atoms with Gasteiger partial charge in [-0.1, -0.05) is 18.2 Å². The molecule has 0 saturated heterocycles. The van der Waals surface area contributed by atoms with Gasteiger partial charge in [-0.25, -0.2) is 4.79 Å². The molecule has 0 spiro atoms. The quantitative estimate of drug-likeness (QED) is 0.901. The first-order valence-electron chi connectivity index (χ1n) is 6.86. The molecule has 3 rings (SSSR count). The average Bonchev–Trinajstić information content (AvgIpc) is 3.25. The maximum absolute atomic E-state index is 12.2.